The second-order valence-corrected chi connectivity index (χ2v) is 8.56. The zero-order chi connectivity index (χ0) is 16.7. The van der Waals surface area contributed by atoms with E-state index in [-0.39, 0.29) is 0 Å². The molecule has 0 N–H and O–H groups in total. The van der Waals surface area contributed by atoms with Gasteiger partial charge >= 0.3 is 0 Å². The number of likely N-dealkylation sites (tertiary alicyclic amines) is 2. The summed E-state index contributed by atoms with van der Waals surface area (Å²) in [5.41, 5.74) is 0.659. The Morgan fingerprint density at radius 3 is 2.30 bits per heavy atom. The van der Waals surface area contributed by atoms with Gasteiger partial charge in [0.2, 0.25) is 0 Å². The summed E-state index contributed by atoms with van der Waals surface area (Å²) in [6.07, 6.45) is 8.05. The quantitative estimate of drug-likeness (QED) is 0.511. The van der Waals surface area contributed by atoms with Crippen molar-refractivity contribution in [3.8, 4) is 11.8 Å². The normalized spacial score (nSPS) is 22.7. The van der Waals surface area contributed by atoms with Gasteiger partial charge < -0.3 is 4.90 Å². The molecule has 1 unspecified atom stereocenters. The molecule has 2 rings (SSSR count). The lowest BCUT2D eigenvalue weighted by Gasteiger charge is -2.54. The van der Waals surface area contributed by atoms with Crippen LogP contribution in [0.25, 0.3) is 0 Å². The summed E-state index contributed by atoms with van der Waals surface area (Å²) >= 11 is 0. The fraction of sp³-hybridized carbons (Fsp3) is 0.905. The molecule has 2 saturated heterocycles. The lowest BCUT2D eigenvalue weighted by molar-refractivity contribution is -0.0492. The first-order valence-corrected chi connectivity index (χ1v) is 9.96. The Labute approximate surface area is 145 Å². The van der Waals surface area contributed by atoms with Crippen molar-refractivity contribution in [1.82, 2.24) is 9.80 Å². The third-order valence-electron chi connectivity index (χ3n) is 5.55. The second kappa shape index (κ2) is 9.09. The molecule has 0 aromatic heterocycles. The first kappa shape index (κ1) is 18.8. The van der Waals surface area contributed by atoms with Crippen molar-refractivity contribution in [3.05, 3.63) is 0 Å². The first-order valence-electron chi connectivity index (χ1n) is 9.96. The molecule has 0 bridgehead atoms. The minimum atomic E-state index is 0.578. The number of unbranched alkanes of at least 4 members (excludes halogenated alkanes) is 2. The van der Waals surface area contributed by atoms with E-state index in [0.717, 1.165) is 12.5 Å². The number of nitrogens with zero attached hydrogens (tertiary/aromatic N) is 2. The van der Waals surface area contributed by atoms with Crippen molar-refractivity contribution in [3.63, 3.8) is 0 Å². The summed E-state index contributed by atoms with van der Waals surface area (Å²) in [6, 6.07) is 0. The monoisotopic (exact) mass is 318 g/mol. The van der Waals surface area contributed by atoms with E-state index >= 15 is 0 Å². The molecule has 2 fully saturated rings. The fourth-order valence-corrected chi connectivity index (χ4v) is 4.15. The van der Waals surface area contributed by atoms with Gasteiger partial charge in [0.15, 0.2) is 0 Å². The van der Waals surface area contributed by atoms with Gasteiger partial charge in [-0.2, -0.15) is 0 Å². The Bertz CT molecular complexity index is 388. The average Bonchev–Trinajstić information content (AvgIpc) is 2.47. The molecule has 2 aliphatic rings. The van der Waals surface area contributed by atoms with Crippen LogP contribution in [-0.4, -0.2) is 49.1 Å². The predicted molar refractivity (Wildman–Crippen MR) is 100 cm³/mol. The maximum absolute atomic E-state index is 3.47. The lowest BCUT2D eigenvalue weighted by Crippen LogP contribution is -2.60. The summed E-state index contributed by atoms with van der Waals surface area (Å²) in [4.78, 5) is 5.22. The van der Waals surface area contributed by atoms with Crippen molar-refractivity contribution in [2.24, 2.45) is 17.3 Å². The Balaban J connectivity index is 1.61. The Kier molecular flexibility index (Phi) is 7.44. The van der Waals surface area contributed by atoms with Crippen molar-refractivity contribution >= 4 is 0 Å². The van der Waals surface area contributed by atoms with Crippen LogP contribution in [0.2, 0.25) is 0 Å². The zero-order valence-electron chi connectivity index (χ0n) is 16.0. The van der Waals surface area contributed by atoms with E-state index in [1.807, 2.05) is 0 Å². The van der Waals surface area contributed by atoms with Gasteiger partial charge in [0.25, 0.3) is 0 Å². The third-order valence-corrected chi connectivity index (χ3v) is 5.55. The smallest absolute Gasteiger partial charge is 0.0601 e. The lowest BCUT2D eigenvalue weighted by atomic mass is 9.72. The summed E-state index contributed by atoms with van der Waals surface area (Å²) in [6.45, 7) is 16.7. The molecule has 2 heterocycles. The molecule has 2 nitrogen and oxygen atoms in total. The minimum Gasteiger partial charge on any atom is -0.302 e. The molecule has 0 radical (unpaired) electrons. The molecular formula is C21H38N2. The second-order valence-electron chi connectivity index (χ2n) is 8.56. The first-order chi connectivity index (χ1) is 11.0. The van der Waals surface area contributed by atoms with E-state index in [0.29, 0.717) is 11.3 Å². The molecule has 2 heteroatoms. The summed E-state index contributed by atoms with van der Waals surface area (Å²) in [5.74, 6) is 8.30. The topological polar surface area (TPSA) is 6.48 Å². The van der Waals surface area contributed by atoms with E-state index in [1.165, 1.54) is 71.2 Å². The maximum atomic E-state index is 3.47. The standard InChI is InChI=1S/C21H38N2/c1-5-6-7-9-20(4)10-8-13-22-14-11-21(12-15-22)17-23(18-21)16-19(2)3/h19-20H,5-7,9,11-18H2,1-4H3. The minimum absolute atomic E-state index is 0.578. The van der Waals surface area contributed by atoms with E-state index in [2.05, 4.69) is 49.3 Å². The van der Waals surface area contributed by atoms with Crippen LogP contribution in [0, 0.1) is 29.1 Å². The molecule has 23 heavy (non-hydrogen) atoms. The highest BCUT2D eigenvalue weighted by atomic mass is 15.2. The van der Waals surface area contributed by atoms with Gasteiger partial charge in [0, 0.05) is 25.6 Å². The molecule has 0 amide bonds. The Morgan fingerprint density at radius 2 is 1.70 bits per heavy atom. The van der Waals surface area contributed by atoms with E-state index < -0.39 is 0 Å². The van der Waals surface area contributed by atoms with Gasteiger partial charge in [-0.05, 0) is 43.7 Å². The van der Waals surface area contributed by atoms with Crippen LogP contribution in [-0.2, 0) is 0 Å². The predicted octanol–water partition coefficient (Wildman–Crippen LogP) is 4.26. The van der Waals surface area contributed by atoms with E-state index in [4.69, 9.17) is 0 Å². The largest absolute Gasteiger partial charge is 0.302 e. The van der Waals surface area contributed by atoms with Gasteiger partial charge in [-0.1, -0.05) is 58.8 Å². The highest BCUT2D eigenvalue weighted by Crippen LogP contribution is 2.40. The van der Waals surface area contributed by atoms with Crippen LogP contribution in [0.3, 0.4) is 0 Å². The van der Waals surface area contributed by atoms with Gasteiger partial charge in [-0.3, -0.25) is 4.90 Å². The van der Waals surface area contributed by atoms with E-state index in [9.17, 15) is 0 Å². The highest BCUT2D eigenvalue weighted by Gasteiger charge is 2.44. The van der Waals surface area contributed by atoms with Crippen molar-refractivity contribution in [2.75, 3.05) is 39.3 Å². The molecule has 2 aliphatic heterocycles. The van der Waals surface area contributed by atoms with Gasteiger partial charge in [0.05, 0.1) is 6.54 Å². The molecule has 0 saturated carbocycles. The molecular weight excluding hydrogens is 280 g/mol. The summed E-state index contributed by atoms with van der Waals surface area (Å²) < 4.78 is 0. The van der Waals surface area contributed by atoms with Crippen molar-refractivity contribution < 1.29 is 0 Å². The number of hydrogen-bond acceptors (Lipinski definition) is 2. The summed E-state index contributed by atoms with van der Waals surface area (Å²) in [7, 11) is 0. The van der Waals surface area contributed by atoms with Gasteiger partial charge in [0.1, 0.15) is 0 Å². The Hall–Kier alpha value is -0.520. The number of rotatable bonds is 7. The van der Waals surface area contributed by atoms with Crippen LogP contribution in [0.5, 0.6) is 0 Å². The number of hydrogen-bond donors (Lipinski definition) is 0. The van der Waals surface area contributed by atoms with E-state index in [1.54, 1.807) is 0 Å². The van der Waals surface area contributed by atoms with Gasteiger partial charge in [-0.25, -0.2) is 0 Å². The Morgan fingerprint density at radius 1 is 1.00 bits per heavy atom. The van der Waals surface area contributed by atoms with Crippen LogP contribution < -0.4 is 0 Å². The average molecular weight is 319 g/mol. The number of piperidine rings is 1. The van der Waals surface area contributed by atoms with Crippen LogP contribution >= 0.6 is 0 Å². The molecule has 132 valence electrons. The zero-order valence-corrected chi connectivity index (χ0v) is 16.0. The van der Waals surface area contributed by atoms with Crippen LogP contribution in [0.4, 0.5) is 0 Å². The fourth-order valence-electron chi connectivity index (χ4n) is 4.15. The highest BCUT2D eigenvalue weighted by molar-refractivity contribution is 5.06. The third kappa shape index (κ3) is 6.12. The SMILES string of the molecule is CCCCCC(C)C#CCN1CCC2(CC1)CN(CC(C)C)C2. The molecule has 0 aliphatic carbocycles. The van der Waals surface area contributed by atoms with Crippen LogP contribution in [0.1, 0.15) is 66.2 Å². The van der Waals surface area contributed by atoms with Gasteiger partial charge in [-0.15, -0.1) is 0 Å². The molecule has 0 aromatic carbocycles. The van der Waals surface area contributed by atoms with Crippen LogP contribution in [0.15, 0.2) is 0 Å². The maximum Gasteiger partial charge on any atom is 0.0601 e. The molecule has 1 atom stereocenters. The molecule has 1 spiro atoms. The summed E-state index contributed by atoms with van der Waals surface area (Å²) in [5, 5.41) is 0. The van der Waals surface area contributed by atoms with Crippen molar-refractivity contribution in [2.45, 2.75) is 66.2 Å². The molecule has 0 aromatic rings. The van der Waals surface area contributed by atoms with Crippen molar-refractivity contribution in [1.29, 1.82) is 0 Å².